The van der Waals surface area contributed by atoms with Crippen LogP contribution < -0.4 is 4.74 Å². The molecule has 28 heavy (non-hydrogen) atoms. The van der Waals surface area contributed by atoms with Crippen LogP contribution in [0.4, 0.5) is 0 Å². The Morgan fingerprint density at radius 3 is 2.43 bits per heavy atom. The van der Waals surface area contributed by atoms with Crippen LogP contribution in [-0.2, 0) is 11.2 Å². The molecule has 1 heterocycles. The summed E-state index contributed by atoms with van der Waals surface area (Å²) in [4.78, 5) is 21.8. The molecule has 0 aliphatic rings. The predicted molar refractivity (Wildman–Crippen MR) is 110 cm³/mol. The molecular formula is C24H16N2O2. The van der Waals surface area contributed by atoms with Gasteiger partial charge in [0.15, 0.2) is 0 Å². The number of benzene rings is 4. The summed E-state index contributed by atoms with van der Waals surface area (Å²) in [5, 5.41) is 2.18. The summed E-state index contributed by atoms with van der Waals surface area (Å²) in [6.45, 7) is 0. The van der Waals surface area contributed by atoms with Crippen molar-refractivity contribution in [3.63, 3.8) is 0 Å². The van der Waals surface area contributed by atoms with Gasteiger partial charge in [-0.2, -0.15) is 0 Å². The van der Waals surface area contributed by atoms with Crippen molar-refractivity contribution >= 4 is 38.8 Å². The topological polar surface area (TPSA) is 52.1 Å². The number of hydrogen-bond donors (Lipinski definition) is 0. The molecule has 0 N–H and O–H groups in total. The zero-order chi connectivity index (χ0) is 18.9. The lowest BCUT2D eigenvalue weighted by Crippen LogP contribution is -2.11. The molecule has 4 nitrogen and oxygen atoms in total. The Labute approximate surface area is 161 Å². The first-order valence-electron chi connectivity index (χ1n) is 9.10. The summed E-state index contributed by atoms with van der Waals surface area (Å²) in [5.74, 6) is 0.173. The number of hydrogen-bond acceptors (Lipinski definition) is 4. The molecule has 0 amide bonds. The minimum atomic E-state index is -0.301. The number of fused-ring (bicyclic) bond motifs is 4. The fraction of sp³-hybridized carbons (Fsp3) is 0.0417. The van der Waals surface area contributed by atoms with Gasteiger partial charge in [-0.25, -0.2) is 9.97 Å². The van der Waals surface area contributed by atoms with E-state index in [2.05, 4.69) is 12.1 Å². The number of aromatic nitrogens is 2. The van der Waals surface area contributed by atoms with Gasteiger partial charge >= 0.3 is 5.97 Å². The van der Waals surface area contributed by atoms with Crippen LogP contribution in [-0.4, -0.2) is 15.9 Å². The Bertz CT molecular complexity index is 1330. The van der Waals surface area contributed by atoms with Crippen molar-refractivity contribution in [3.05, 3.63) is 90.5 Å². The smallest absolute Gasteiger partial charge is 0.315 e. The number of rotatable bonds is 3. The van der Waals surface area contributed by atoms with Gasteiger partial charge in [-0.15, -0.1) is 0 Å². The standard InChI is InChI=1S/C24H16N2O2/c27-23(14-16-6-2-1-3-7-16)28-18-11-13-20-22(15-18)26-24-19-9-5-4-8-17(19)10-12-21(24)25-20/h1-13,15H,14H2. The Kier molecular flexibility index (Phi) is 3.95. The minimum Gasteiger partial charge on any atom is -0.426 e. The largest absolute Gasteiger partial charge is 0.426 e. The first-order valence-corrected chi connectivity index (χ1v) is 9.10. The van der Waals surface area contributed by atoms with Crippen LogP contribution in [0.3, 0.4) is 0 Å². The van der Waals surface area contributed by atoms with Crippen molar-refractivity contribution in [3.8, 4) is 5.75 Å². The molecule has 5 rings (SSSR count). The first kappa shape index (κ1) is 16.4. The summed E-state index contributed by atoms with van der Waals surface area (Å²) < 4.78 is 5.52. The molecule has 1 aromatic heterocycles. The van der Waals surface area contributed by atoms with Crippen molar-refractivity contribution in [2.75, 3.05) is 0 Å². The highest BCUT2D eigenvalue weighted by Crippen LogP contribution is 2.26. The van der Waals surface area contributed by atoms with Crippen LogP contribution in [0.15, 0.2) is 84.9 Å². The van der Waals surface area contributed by atoms with Gasteiger partial charge in [-0.05, 0) is 29.1 Å². The number of nitrogens with zero attached hydrogens (tertiary/aromatic N) is 2. The zero-order valence-corrected chi connectivity index (χ0v) is 15.0. The molecule has 0 aliphatic carbocycles. The molecule has 0 radical (unpaired) electrons. The second-order valence-electron chi connectivity index (χ2n) is 6.67. The molecule has 0 unspecified atom stereocenters. The summed E-state index contributed by atoms with van der Waals surface area (Å²) in [6.07, 6.45) is 0.229. The van der Waals surface area contributed by atoms with E-state index in [4.69, 9.17) is 14.7 Å². The molecule has 4 aromatic carbocycles. The Hall–Kier alpha value is -3.79. The van der Waals surface area contributed by atoms with E-state index in [9.17, 15) is 4.79 Å². The van der Waals surface area contributed by atoms with Crippen LogP contribution in [0.2, 0.25) is 0 Å². The maximum absolute atomic E-state index is 12.2. The van der Waals surface area contributed by atoms with Gasteiger partial charge in [-0.3, -0.25) is 4.79 Å². The van der Waals surface area contributed by atoms with Crippen molar-refractivity contribution in [1.29, 1.82) is 0 Å². The van der Waals surface area contributed by atoms with Crippen LogP contribution in [0.5, 0.6) is 5.75 Å². The SMILES string of the molecule is O=C(Cc1ccccc1)Oc1ccc2nc3ccc4ccccc4c3nc2c1. The molecule has 0 bridgehead atoms. The average molecular weight is 364 g/mol. The Morgan fingerprint density at radius 1 is 0.750 bits per heavy atom. The molecule has 0 saturated carbocycles. The van der Waals surface area contributed by atoms with Crippen molar-refractivity contribution in [1.82, 2.24) is 9.97 Å². The third-order valence-electron chi connectivity index (χ3n) is 4.72. The van der Waals surface area contributed by atoms with Crippen LogP contribution in [0.25, 0.3) is 32.8 Å². The van der Waals surface area contributed by atoms with E-state index >= 15 is 0 Å². The van der Waals surface area contributed by atoms with E-state index in [0.29, 0.717) is 11.3 Å². The van der Waals surface area contributed by atoms with Gasteiger partial charge < -0.3 is 4.74 Å². The van der Waals surface area contributed by atoms with Gasteiger partial charge in [0, 0.05) is 11.5 Å². The predicted octanol–water partition coefficient (Wildman–Crippen LogP) is 5.08. The Morgan fingerprint density at radius 2 is 1.54 bits per heavy atom. The normalized spacial score (nSPS) is 11.1. The van der Waals surface area contributed by atoms with Gasteiger partial charge in [0.05, 0.1) is 28.5 Å². The fourth-order valence-electron chi connectivity index (χ4n) is 3.38. The highest BCUT2D eigenvalue weighted by Gasteiger charge is 2.10. The molecule has 0 atom stereocenters. The fourth-order valence-corrected chi connectivity index (χ4v) is 3.38. The molecule has 4 heteroatoms. The third kappa shape index (κ3) is 3.05. The molecule has 0 fully saturated rings. The number of esters is 1. The maximum atomic E-state index is 12.2. The summed E-state index contributed by atoms with van der Waals surface area (Å²) in [5.41, 5.74) is 4.09. The summed E-state index contributed by atoms with van der Waals surface area (Å²) >= 11 is 0. The van der Waals surface area contributed by atoms with Crippen LogP contribution in [0.1, 0.15) is 5.56 Å². The quantitative estimate of drug-likeness (QED) is 0.194. The second-order valence-corrected chi connectivity index (χ2v) is 6.67. The average Bonchev–Trinajstić information content (AvgIpc) is 2.73. The Balaban J connectivity index is 1.51. The monoisotopic (exact) mass is 364 g/mol. The maximum Gasteiger partial charge on any atom is 0.315 e. The minimum absolute atomic E-state index is 0.229. The zero-order valence-electron chi connectivity index (χ0n) is 15.0. The molecule has 0 spiro atoms. The number of carbonyl (C=O) groups excluding carboxylic acids is 1. The highest BCUT2D eigenvalue weighted by molar-refractivity contribution is 6.05. The lowest BCUT2D eigenvalue weighted by molar-refractivity contribution is -0.133. The number of carbonyl (C=O) groups is 1. The highest BCUT2D eigenvalue weighted by atomic mass is 16.5. The molecule has 0 aliphatic heterocycles. The summed E-state index contributed by atoms with van der Waals surface area (Å²) in [7, 11) is 0. The third-order valence-corrected chi connectivity index (χ3v) is 4.72. The summed E-state index contributed by atoms with van der Waals surface area (Å²) in [6, 6.07) is 27.1. The molecular weight excluding hydrogens is 348 g/mol. The van der Waals surface area contributed by atoms with E-state index < -0.39 is 0 Å². The van der Waals surface area contributed by atoms with E-state index in [-0.39, 0.29) is 12.4 Å². The van der Waals surface area contributed by atoms with Crippen molar-refractivity contribution < 1.29 is 9.53 Å². The van der Waals surface area contributed by atoms with Crippen molar-refractivity contribution in [2.45, 2.75) is 6.42 Å². The lowest BCUT2D eigenvalue weighted by Gasteiger charge is -2.07. The van der Waals surface area contributed by atoms with Gasteiger partial charge in [0.2, 0.25) is 0 Å². The van der Waals surface area contributed by atoms with E-state index in [1.807, 2.05) is 60.7 Å². The first-order chi connectivity index (χ1) is 13.8. The molecule has 134 valence electrons. The second kappa shape index (κ2) is 6.74. The van der Waals surface area contributed by atoms with Gasteiger partial charge in [0.25, 0.3) is 0 Å². The lowest BCUT2D eigenvalue weighted by atomic mass is 10.1. The van der Waals surface area contributed by atoms with E-state index in [1.165, 1.54) is 0 Å². The van der Waals surface area contributed by atoms with Crippen LogP contribution in [0, 0.1) is 0 Å². The molecule has 5 aromatic rings. The van der Waals surface area contributed by atoms with E-state index in [0.717, 1.165) is 32.9 Å². The molecule has 0 saturated heterocycles. The van der Waals surface area contributed by atoms with Gasteiger partial charge in [0.1, 0.15) is 5.75 Å². The van der Waals surface area contributed by atoms with Crippen LogP contribution >= 0.6 is 0 Å². The van der Waals surface area contributed by atoms with E-state index in [1.54, 1.807) is 12.1 Å². The number of ether oxygens (including phenoxy) is 1. The van der Waals surface area contributed by atoms with Gasteiger partial charge in [-0.1, -0.05) is 60.7 Å². The van der Waals surface area contributed by atoms with Crippen molar-refractivity contribution in [2.24, 2.45) is 0 Å².